The van der Waals surface area contributed by atoms with Crippen molar-refractivity contribution in [3.63, 3.8) is 0 Å². The smallest absolute Gasteiger partial charge is 0.412 e. The quantitative estimate of drug-likeness (QED) is 0.590. The molecule has 0 bridgehead atoms. The Morgan fingerprint density at radius 3 is 2.30 bits per heavy atom. The minimum Gasteiger partial charge on any atom is -0.478 e. The third-order valence-electron chi connectivity index (χ3n) is 3.35. The van der Waals surface area contributed by atoms with E-state index in [0.717, 1.165) is 0 Å². The fraction of sp³-hybridized carbons (Fsp3) is 0.438. The number of carboxylic acid groups (broad SMARTS) is 1. The van der Waals surface area contributed by atoms with Crippen LogP contribution >= 0.6 is 0 Å². The first-order valence-electron chi connectivity index (χ1n) is 7.22. The van der Waals surface area contributed by atoms with E-state index in [1.54, 1.807) is 13.8 Å². The number of benzene rings is 1. The summed E-state index contributed by atoms with van der Waals surface area (Å²) in [4.78, 5) is 33.9. The molecule has 0 aliphatic rings. The number of hydrogen-bond acceptors (Lipinski definition) is 5. The molecule has 0 saturated carbocycles. The number of carbonyl (C=O) groups excluding carboxylic acids is 2. The Kier molecular flexibility index (Phi) is 6.56. The Bertz CT molecular complexity index is 564. The molecule has 0 radical (unpaired) electrons. The summed E-state index contributed by atoms with van der Waals surface area (Å²) in [6.45, 7) is 5.65. The monoisotopic (exact) mass is 323 g/mol. The number of nitrogens with one attached hydrogen (secondary N) is 1. The minimum absolute atomic E-state index is 0.0509. The van der Waals surface area contributed by atoms with E-state index in [2.05, 4.69) is 5.32 Å². The molecular weight excluding hydrogens is 302 g/mol. The molecule has 126 valence electrons. The molecule has 1 aromatic carbocycles. The van der Waals surface area contributed by atoms with E-state index in [-0.39, 0.29) is 30.4 Å². The Hall–Kier alpha value is -2.57. The highest BCUT2D eigenvalue weighted by Crippen LogP contribution is 2.21. The topological polar surface area (TPSA) is 102 Å². The third kappa shape index (κ3) is 5.98. The van der Waals surface area contributed by atoms with Gasteiger partial charge in [0.1, 0.15) is 12.4 Å². The summed E-state index contributed by atoms with van der Waals surface area (Å²) >= 11 is 0. The summed E-state index contributed by atoms with van der Waals surface area (Å²) in [5.41, 5.74) is -0.449. The van der Waals surface area contributed by atoms with Gasteiger partial charge in [-0.15, -0.1) is 0 Å². The highest BCUT2D eigenvalue weighted by Gasteiger charge is 2.26. The second-order valence-electron chi connectivity index (χ2n) is 5.52. The van der Waals surface area contributed by atoms with E-state index in [0.29, 0.717) is 6.42 Å². The number of esters is 1. The van der Waals surface area contributed by atoms with Crippen LogP contribution in [0.5, 0.6) is 5.75 Å². The van der Waals surface area contributed by atoms with Gasteiger partial charge in [0.15, 0.2) is 0 Å². The van der Waals surface area contributed by atoms with Gasteiger partial charge in [0.05, 0.1) is 17.5 Å². The van der Waals surface area contributed by atoms with Gasteiger partial charge < -0.3 is 19.9 Å². The van der Waals surface area contributed by atoms with Crippen molar-refractivity contribution < 1.29 is 29.0 Å². The van der Waals surface area contributed by atoms with Crippen LogP contribution in [0.1, 0.15) is 37.6 Å². The van der Waals surface area contributed by atoms with Crippen molar-refractivity contribution in [3.05, 3.63) is 29.8 Å². The first kappa shape index (κ1) is 18.5. The SMILES string of the molecule is CCC(C)(C)C(=O)OCCNC(=O)Oc1ccc(C(=O)O)cc1. The van der Waals surface area contributed by atoms with E-state index in [1.165, 1.54) is 24.3 Å². The maximum absolute atomic E-state index is 11.7. The molecule has 0 unspecified atom stereocenters. The van der Waals surface area contributed by atoms with Gasteiger partial charge in [-0.25, -0.2) is 9.59 Å². The van der Waals surface area contributed by atoms with E-state index in [9.17, 15) is 14.4 Å². The molecule has 0 atom stereocenters. The number of rotatable bonds is 7. The largest absolute Gasteiger partial charge is 0.478 e. The van der Waals surface area contributed by atoms with E-state index >= 15 is 0 Å². The van der Waals surface area contributed by atoms with Crippen molar-refractivity contribution in [1.29, 1.82) is 0 Å². The van der Waals surface area contributed by atoms with Gasteiger partial charge in [-0.05, 0) is 44.5 Å². The van der Waals surface area contributed by atoms with Crippen LogP contribution in [0.4, 0.5) is 4.79 Å². The van der Waals surface area contributed by atoms with Crippen LogP contribution in [0.25, 0.3) is 0 Å². The Morgan fingerprint density at radius 2 is 1.78 bits per heavy atom. The second-order valence-corrected chi connectivity index (χ2v) is 5.52. The normalized spacial score (nSPS) is 10.7. The predicted molar refractivity (Wildman–Crippen MR) is 82.5 cm³/mol. The van der Waals surface area contributed by atoms with Gasteiger partial charge in [-0.1, -0.05) is 6.92 Å². The number of amides is 1. The number of carbonyl (C=O) groups is 3. The summed E-state index contributed by atoms with van der Waals surface area (Å²) in [6.07, 6.45) is -0.0490. The molecule has 23 heavy (non-hydrogen) atoms. The van der Waals surface area contributed by atoms with Crippen molar-refractivity contribution in [3.8, 4) is 5.75 Å². The van der Waals surface area contributed by atoms with Gasteiger partial charge in [-0.3, -0.25) is 4.79 Å². The number of aromatic carboxylic acids is 1. The van der Waals surface area contributed by atoms with Gasteiger partial charge in [0.2, 0.25) is 0 Å². The highest BCUT2D eigenvalue weighted by atomic mass is 16.6. The van der Waals surface area contributed by atoms with Crippen molar-refractivity contribution in [1.82, 2.24) is 5.32 Å². The van der Waals surface area contributed by atoms with Gasteiger partial charge >= 0.3 is 18.0 Å². The van der Waals surface area contributed by atoms with Crippen molar-refractivity contribution >= 4 is 18.0 Å². The van der Waals surface area contributed by atoms with Crippen LogP contribution in [0, 0.1) is 5.41 Å². The lowest BCUT2D eigenvalue weighted by Gasteiger charge is -2.20. The minimum atomic E-state index is -1.06. The Morgan fingerprint density at radius 1 is 1.17 bits per heavy atom. The fourth-order valence-corrected chi connectivity index (χ4v) is 1.45. The van der Waals surface area contributed by atoms with Gasteiger partial charge in [0.25, 0.3) is 0 Å². The van der Waals surface area contributed by atoms with E-state index < -0.39 is 17.5 Å². The van der Waals surface area contributed by atoms with Gasteiger partial charge in [0, 0.05) is 0 Å². The fourth-order valence-electron chi connectivity index (χ4n) is 1.45. The molecule has 1 aromatic rings. The van der Waals surface area contributed by atoms with Crippen LogP contribution in [0.3, 0.4) is 0 Å². The number of ether oxygens (including phenoxy) is 2. The van der Waals surface area contributed by atoms with E-state index in [1.807, 2.05) is 6.92 Å². The molecule has 7 nitrogen and oxygen atoms in total. The summed E-state index contributed by atoms with van der Waals surface area (Å²) < 4.78 is 10.0. The first-order valence-corrected chi connectivity index (χ1v) is 7.22. The molecule has 1 amide bonds. The zero-order valence-corrected chi connectivity index (χ0v) is 13.4. The van der Waals surface area contributed by atoms with Crippen LogP contribution in [0.15, 0.2) is 24.3 Å². The maximum Gasteiger partial charge on any atom is 0.412 e. The standard InChI is InChI=1S/C16H21NO6/c1-4-16(2,3)14(20)22-10-9-17-15(21)23-12-7-5-11(6-8-12)13(18)19/h5-8H,4,9-10H2,1-3H3,(H,17,21)(H,18,19). The average Bonchev–Trinajstić information content (AvgIpc) is 2.51. The van der Waals surface area contributed by atoms with Crippen LogP contribution in [-0.2, 0) is 9.53 Å². The summed E-state index contributed by atoms with van der Waals surface area (Å²) in [5, 5.41) is 11.2. The third-order valence-corrected chi connectivity index (χ3v) is 3.35. The van der Waals surface area contributed by atoms with Crippen LogP contribution in [0.2, 0.25) is 0 Å². The molecule has 0 aliphatic heterocycles. The molecule has 1 rings (SSSR count). The summed E-state index contributed by atoms with van der Waals surface area (Å²) in [7, 11) is 0. The molecular formula is C16H21NO6. The first-order chi connectivity index (χ1) is 10.8. The predicted octanol–water partition coefficient (Wildman–Crippen LogP) is 2.45. The van der Waals surface area contributed by atoms with Gasteiger partial charge in [-0.2, -0.15) is 0 Å². The number of hydrogen-bond donors (Lipinski definition) is 2. The molecule has 0 spiro atoms. The highest BCUT2D eigenvalue weighted by molar-refractivity contribution is 5.87. The summed E-state index contributed by atoms with van der Waals surface area (Å²) in [5.74, 6) is -1.16. The van der Waals surface area contributed by atoms with Crippen LogP contribution in [-0.4, -0.2) is 36.3 Å². The molecule has 2 N–H and O–H groups in total. The lowest BCUT2D eigenvalue weighted by Crippen LogP contribution is -2.33. The van der Waals surface area contributed by atoms with E-state index in [4.69, 9.17) is 14.6 Å². The Balaban J connectivity index is 2.32. The zero-order chi connectivity index (χ0) is 17.5. The Labute approximate surface area is 134 Å². The maximum atomic E-state index is 11.7. The summed E-state index contributed by atoms with van der Waals surface area (Å²) in [6, 6.07) is 5.43. The van der Waals surface area contributed by atoms with Crippen molar-refractivity contribution in [2.75, 3.05) is 13.2 Å². The van der Waals surface area contributed by atoms with Crippen LogP contribution < -0.4 is 10.1 Å². The molecule has 0 heterocycles. The molecule has 0 saturated heterocycles. The molecule has 0 aromatic heterocycles. The zero-order valence-electron chi connectivity index (χ0n) is 13.4. The molecule has 7 heteroatoms. The lowest BCUT2D eigenvalue weighted by molar-refractivity contribution is -0.153. The number of carboxylic acids is 1. The second kappa shape index (κ2) is 8.17. The average molecular weight is 323 g/mol. The lowest BCUT2D eigenvalue weighted by atomic mass is 9.91. The van der Waals surface area contributed by atoms with Crippen molar-refractivity contribution in [2.24, 2.45) is 5.41 Å². The molecule has 0 fully saturated rings. The van der Waals surface area contributed by atoms with Crippen molar-refractivity contribution in [2.45, 2.75) is 27.2 Å². The molecule has 0 aliphatic carbocycles.